The van der Waals surface area contributed by atoms with Crippen molar-refractivity contribution in [1.82, 2.24) is 4.90 Å². The summed E-state index contributed by atoms with van der Waals surface area (Å²) in [5.74, 6) is -0.0620. The first-order chi connectivity index (χ1) is 7.65. The van der Waals surface area contributed by atoms with Crippen LogP contribution in [0.4, 0.5) is 0 Å². The number of carbonyl (C=O) groups is 1. The number of nitrogens with zero attached hydrogens (tertiary/aromatic N) is 1. The Morgan fingerprint density at radius 3 is 2.50 bits per heavy atom. The Morgan fingerprint density at radius 2 is 2.00 bits per heavy atom. The fraction of sp³-hybridized carbons (Fsp3) is 0.923. The van der Waals surface area contributed by atoms with Gasteiger partial charge in [-0.3, -0.25) is 4.79 Å². The van der Waals surface area contributed by atoms with E-state index in [0.29, 0.717) is 18.4 Å². The number of rotatable bonds is 6. The van der Waals surface area contributed by atoms with E-state index in [-0.39, 0.29) is 5.97 Å². The lowest BCUT2D eigenvalue weighted by Crippen LogP contribution is -2.28. The highest BCUT2D eigenvalue weighted by molar-refractivity contribution is 5.69. The fourth-order valence-corrected chi connectivity index (χ4v) is 2.53. The van der Waals surface area contributed by atoms with Crippen LogP contribution in [0.25, 0.3) is 0 Å². The maximum atomic E-state index is 11.3. The molecule has 0 N–H and O–H groups in total. The fourth-order valence-electron chi connectivity index (χ4n) is 2.53. The first-order valence-corrected chi connectivity index (χ1v) is 6.53. The van der Waals surface area contributed by atoms with Crippen molar-refractivity contribution in [2.75, 3.05) is 26.2 Å². The van der Waals surface area contributed by atoms with Crippen LogP contribution in [0.15, 0.2) is 0 Å². The molecule has 0 spiro atoms. The van der Waals surface area contributed by atoms with Crippen LogP contribution < -0.4 is 0 Å². The lowest BCUT2D eigenvalue weighted by molar-refractivity contribution is -0.143. The van der Waals surface area contributed by atoms with Gasteiger partial charge >= 0.3 is 5.97 Å². The molecule has 0 aromatic carbocycles. The maximum absolute atomic E-state index is 11.3. The highest BCUT2D eigenvalue weighted by Crippen LogP contribution is 2.36. The molecule has 0 amide bonds. The summed E-state index contributed by atoms with van der Waals surface area (Å²) < 4.78 is 4.94. The van der Waals surface area contributed by atoms with Crippen LogP contribution in [0.1, 0.15) is 46.5 Å². The summed E-state index contributed by atoms with van der Waals surface area (Å²) in [6.45, 7) is 10.1. The van der Waals surface area contributed by atoms with Crippen molar-refractivity contribution in [3.63, 3.8) is 0 Å². The van der Waals surface area contributed by atoms with E-state index < -0.39 is 0 Å². The van der Waals surface area contributed by atoms with Crippen LogP contribution in [0.2, 0.25) is 0 Å². The molecule has 0 radical (unpaired) electrons. The molecule has 1 rings (SSSR count). The van der Waals surface area contributed by atoms with Gasteiger partial charge in [-0.2, -0.15) is 0 Å². The Balaban J connectivity index is 2.28. The molecular weight excluding hydrogens is 202 g/mol. The van der Waals surface area contributed by atoms with Gasteiger partial charge < -0.3 is 9.64 Å². The summed E-state index contributed by atoms with van der Waals surface area (Å²) >= 11 is 0. The van der Waals surface area contributed by atoms with Gasteiger partial charge in [0.15, 0.2) is 0 Å². The molecule has 1 aliphatic rings. The van der Waals surface area contributed by atoms with E-state index in [0.717, 1.165) is 19.6 Å². The highest BCUT2D eigenvalue weighted by atomic mass is 16.5. The van der Waals surface area contributed by atoms with Crippen LogP contribution in [0.3, 0.4) is 0 Å². The second kappa shape index (κ2) is 6.24. The molecule has 0 unspecified atom stereocenters. The van der Waals surface area contributed by atoms with Gasteiger partial charge in [0.2, 0.25) is 0 Å². The van der Waals surface area contributed by atoms with E-state index in [1.807, 2.05) is 6.92 Å². The highest BCUT2D eigenvalue weighted by Gasteiger charge is 2.34. The molecule has 0 aromatic rings. The Kier molecular flexibility index (Phi) is 5.26. The number of carbonyl (C=O) groups excluding carboxylic acids is 1. The van der Waals surface area contributed by atoms with E-state index in [4.69, 9.17) is 4.74 Å². The molecule has 16 heavy (non-hydrogen) atoms. The van der Waals surface area contributed by atoms with Gasteiger partial charge in [-0.15, -0.1) is 0 Å². The Hall–Kier alpha value is -0.570. The Morgan fingerprint density at radius 1 is 1.31 bits per heavy atom. The van der Waals surface area contributed by atoms with E-state index in [9.17, 15) is 4.79 Å². The summed E-state index contributed by atoms with van der Waals surface area (Å²) in [7, 11) is 0. The third-order valence-electron chi connectivity index (χ3n) is 3.95. The molecule has 0 aliphatic carbocycles. The van der Waals surface area contributed by atoms with Crippen molar-refractivity contribution in [1.29, 1.82) is 0 Å². The number of esters is 1. The largest absolute Gasteiger partial charge is 0.466 e. The minimum Gasteiger partial charge on any atom is -0.466 e. The number of hydrogen-bond acceptors (Lipinski definition) is 3. The molecule has 1 fully saturated rings. The first-order valence-electron chi connectivity index (χ1n) is 6.53. The van der Waals surface area contributed by atoms with Gasteiger partial charge in [0.05, 0.1) is 13.0 Å². The zero-order chi connectivity index (χ0) is 12.0. The zero-order valence-electron chi connectivity index (χ0n) is 10.9. The minimum absolute atomic E-state index is 0.0620. The molecular formula is C13H25NO2. The summed E-state index contributed by atoms with van der Waals surface area (Å²) in [4.78, 5) is 13.7. The van der Waals surface area contributed by atoms with Gasteiger partial charge in [-0.25, -0.2) is 0 Å². The molecule has 0 bridgehead atoms. The molecule has 1 aliphatic heterocycles. The summed E-state index contributed by atoms with van der Waals surface area (Å²) in [6.07, 6.45) is 4.32. The average Bonchev–Trinajstić information content (AvgIpc) is 2.71. The molecule has 94 valence electrons. The standard InChI is InChI=1S/C13H25NO2/c1-4-13(5-2)8-10-14(11-13)9-7-12(15)16-6-3/h4-11H2,1-3H3. The third-order valence-corrected chi connectivity index (χ3v) is 3.95. The third kappa shape index (κ3) is 3.48. The lowest BCUT2D eigenvalue weighted by Gasteiger charge is -2.26. The van der Waals surface area contributed by atoms with Gasteiger partial charge in [0, 0.05) is 13.1 Å². The van der Waals surface area contributed by atoms with E-state index >= 15 is 0 Å². The average molecular weight is 227 g/mol. The maximum Gasteiger partial charge on any atom is 0.307 e. The van der Waals surface area contributed by atoms with Gasteiger partial charge in [-0.05, 0) is 38.1 Å². The van der Waals surface area contributed by atoms with Crippen molar-refractivity contribution in [3.05, 3.63) is 0 Å². The predicted octanol–water partition coefficient (Wildman–Crippen LogP) is 2.45. The van der Waals surface area contributed by atoms with Gasteiger partial charge in [-0.1, -0.05) is 13.8 Å². The van der Waals surface area contributed by atoms with Crippen molar-refractivity contribution >= 4 is 5.97 Å². The molecule has 3 heteroatoms. The topological polar surface area (TPSA) is 29.5 Å². The molecule has 1 heterocycles. The summed E-state index contributed by atoms with van der Waals surface area (Å²) in [6, 6.07) is 0. The molecule has 1 saturated heterocycles. The van der Waals surface area contributed by atoms with E-state index in [1.54, 1.807) is 0 Å². The van der Waals surface area contributed by atoms with Crippen molar-refractivity contribution in [2.24, 2.45) is 5.41 Å². The lowest BCUT2D eigenvalue weighted by atomic mass is 9.82. The second-order valence-electron chi connectivity index (χ2n) is 4.79. The minimum atomic E-state index is -0.0620. The quantitative estimate of drug-likeness (QED) is 0.653. The van der Waals surface area contributed by atoms with E-state index in [2.05, 4.69) is 18.7 Å². The molecule has 3 nitrogen and oxygen atoms in total. The van der Waals surface area contributed by atoms with Crippen LogP contribution in [0.5, 0.6) is 0 Å². The predicted molar refractivity (Wildman–Crippen MR) is 65.3 cm³/mol. The van der Waals surface area contributed by atoms with Crippen molar-refractivity contribution < 1.29 is 9.53 Å². The first kappa shape index (κ1) is 13.5. The normalized spacial score (nSPS) is 19.9. The van der Waals surface area contributed by atoms with Crippen LogP contribution in [-0.2, 0) is 9.53 Å². The molecule has 0 saturated carbocycles. The smallest absolute Gasteiger partial charge is 0.307 e. The SMILES string of the molecule is CCOC(=O)CCN1CCC(CC)(CC)C1. The second-order valence-corrected chi connectivity index (χ2v) is 4.79. The van der Waals surface area contributed by atoms with Gasteiger partial charge in [0.25, 0.3) is 0 Å². The Labute approximate surface area is 99.1 Å². The van der Waals surface area contributed by atoms with Crippen molar-refractivity contribution in [3.8, 4) is 0 Å². The van der Waals surface area contributed by atoms with Crippen LogP contribution >= 0.6 is 0 Å². The zero-order valence-corrected chi connectivity index (χ0v) is 10.9. The van der Waals surface area contributed by atoms with Crippen LogP contribution in [0, 0.1) is 5.41 Å². The summed E-state index contributed by atoms with van der Waals surface area (Å²) in [5, 5.41) is 0. The Bertz CT molecular complexity index is 224. The molecule has 0 aromatic heterocycles. The van der Waals surface area contributed by atoms with Gasteiger partial charge in [0.1, 0.15) is 0 Å². The van der Waals surface area contributed by atoms with E-state index in [1.165, 1.54) is 19.3 Å². The molecule has 0 atom stereocenters. The summed E-state index contributed by atoms with van der Waals surface area (Å²) in [5.41, 5.74) is 0.509. The number of likely N-dealkylation sites (tertiary alicyclic amines) is 1. The monoisotopic (exact) mass is 227 g/mol. The van der Waals surface area contributed by atoms with Crippen molar-refractivity contribution in [2.45, 2.75) is 46.5 Å². The van der Waals surface area contributed by atoms with Crippen LogP contribution in [-0.4, -0.2) is 37.1 Å². The number of ether oxygens (including phenoxy) is 1. The number of hydrogen-bond donors (Lipinski definition) is 0.